The van der Waals surface area contributed by atoms with Gasteiger partial charge >= 0.3 is 0 Å². The molecule has 3 heteroatoms. The van der Waals surface area contributed by atoms with Gasteiger partial charge in [-0.2, -0.15) is 0 Å². The van der Waals surface area contributed by atoms with E-state index in [4.69, 9.17) is 5.73 Å². The van der Waals surface area contributed by atoms with Gasteiger partial charge in [0.05, 0.1) is 5.69 Å². The Morgan fingerprint density at radius 1 is 1.29 bits per heavy atom. The Labute approximate surface area is 102 Å². The molecule has 3 N–H and O–H groups in total. The molecule has 1 saturated carbocycles. The first-order valence-corrected chi connectivity index (χ1v) is 6.28. The van der Waals surface area contributed by atoms with Crippen LogP contribution in [0.4, 0.5) is 15.8 Å². The molecule has 0 heterocycles. The van der Waals surface area contributed by atoms with Crippen LogP contribution >= 0.6 is 0 Å². The highest BCUT2D eigenvalue weighted by atomic mass is 19.1. The van der Waals surface area contributed by atoms with E-state index in [1.54, 1.807) is 12.1 Å². The molecule has 17 heavy (non-hydrogen) atoms. The van der Waals surface area contributed by atoms with Crippen molar-refractivity contribution in [2.45, 2.75) is 45.6 Å². The van der Waals surface area contributed by atoms with Crippen LogP contribution in [-0.4, -0.2) is 6.04 Å². The van der Waals surface area contributed by atoms with E-state index in [1.807, 2.05) is 0 Å². The van der Waals surface area contributed by atoms with Crippen molar-refractivity contribution in [3.05, 3.63) is 24.0 Å². The van der Waals surface area contributed by atoms with E-state index >= 15 is 0 Å². The molecule has 2 rings (SSSR count). The van der Waals surface area contributed by atoms with Crippen LogP contribution in [0, 0.1) is 11.2 Å². The molecule has 1 fully saturated rings. The summed E-state index contributed by atoms with van der Waals surface area (Å²) in [6.45, 7) is 4.60. The lowest BCUT2D eigenvalue weighted by atomic mass is 9.75. The van der Waals surface area contributed by atoms with E-state index in [2.05, 4.69) is 19.2 Å². The van der Waals surface area contributed by atoms with E-state index in [9.17, 15) is 4.39 Å². The summed E-state index contributed by atoms with van der Waals surface area (Å²) >= 11 is 0. The van der Waals surface area contributed by atoms with Gasteiger partial charge in [0.2, 0.25) is 0 Å². The summed E-state index contributed by atoms with van der Waals surface area (Å²) in [5, 5.41) is 3.28. The molecular formula is C14H21FN2. The smallest absolute Gasteiger partial charge is 0.148 e. The third-order valence-electron chi connectivity index (χ3n) is 3.69. The summed E-state index contributed by atoms with van der Waals surface area (Å²) < 4.78 is 13.6. The Morgan fingerprint density at radius 3 is 2.53 bits per heavy atom. The number of benzene rings is 1. The minimum atomic E-state index is -0.255. The highest BCUT2D eigenvalue weighted by Gasteiger charge is 2.26. The largest absolute Gasteiger partial charge is 0.399 e. The van der Waals surface area contributed by atoms with Gasteiger partial charge in [0, 0.05) is 11.7 Å². The second-order valence-electron chi connectivity index (χ2n) is 5.82. The Kier molecular flexibility index (Phi) is 3.27. The van der Waals surface area contributed by atoms with Crippen molar-refractivity contribution in [3.63, 3.8) is 0 Å². The Bertz CT molecular complexity index is 391. The van der Waals surface area contributed by atoms with Crippen molar-refractivity contribution in [2.75, 3.05) is 11.1 Å². The zero-order valence-electron chi connectivity index (χ0n) is 10.6. The topological polar surface area (TPSA) is 38.0 Å². The van der Waals surface area contributed by atoms with Gasteiger partial charge in [0.15, 0.2) is 0 Å². The zero-order chi connectivity index (χ0) is 12.5. The minimum absolute atomic E-state index is 0.255. The first-order valence-electron chi connectivity index (χ1n) is 6.28. The van der Waals surface area contributed by atoms with Crippen LogP contribution in [0.15, 0.2) is 18.2 Å². The summed E-state index contributed by atoms with van der Waals surface area (Å²) in [7, 11) is 0. The van der Waals surface area contributed by atoms with E-state index in [-0.39, 0.29) is 5.82 Å². The first-order chi connectivity index (χ1) is 7.96. The van der Waals surface area contributed by atoms with Crippen LogP contribution in [0.5, 0.6) is 0 Å². The molecule has 1 aliphatic rings. The second kappa shape index (κ2) is 4.55. The number of nitrogens with two attached hydrogens (primary N) is 1. The standard InChI is InChI=1S/C14H21FN2/c1-14(2)7-5-11(6-8-14)17-13-4-3-10(16)9-12(13)15/h3-4,9,11,17H,5-8,16H2,1-2H3. The van der Waals surface area contributed by atoms with E-state index in [0.29, 0.717) is 22.8 Å². The molecule has 0 aliphatic heterocycles. The lowest BCUT2D eigenvalue weighted by Crippen LogP contribution is -2.30. The Morgan fingerprint density at radius 2 is 1.94 bits per heavy atom. The molecule has 1 aliphatic carbocycles. The van der Waals surface area contributed by atoms with Crippen molar-refractivity contribution in [1.29, 1.82) is 0 Å². The van der Waals surface area contributed by atoms with Crippen molar-refractivity contribution < 1.29 is 4.39 Å². The number of rotatable bonds is 2. The molecule has 0 unspecified atom stereocenters. The highest BCUT2D eigenvalue weighted by Crippen LogP contribution is 2.36. The summed E-state index contributed by atoms with van der Waals surface area (Å²) in [4.78, 5) is 0. The fraction of sp³-hybridized carbons (Fsp3) is 0.571. The van der Waals surface area contributed by atoms with Crippen LogP contribution < -0.4 is 11.1 Å². The number of hydrogen-bond donors (Lipinski definition) is 2. The monoisotopic (exact) mass is 236 g/mol. The average molecular weight is 236 g/mol. The van der Waals surface area contributed by atoms with Crippen LogP contribution in [0.1, 0.15) is 39.5 Å². The molecule has 0 saturated heterocycles. The third-order valence-corrected chi connectivity index (χ3v) is 3.69. The van der Waals surface area contributed by atoms with E-state index in [0.717, 1.165) is 12.8 Å². The molecule has 0 atom stereocenters. The van der Waals surface area contributed by atoms with Crippen molar-refractivity contribution in [3.8, 4) is 0 Å². The minimum Gasteiger partial charge on any atom is -0.399 e. The van der Waals surface area contributed by atoms with Gasteiger partial charge in [-0.1, -0.05) is 13.8 Å². The molecule has 94 valence electrons. The fourth-order valence-electron chi connectivity index (χ4n) is 2.41. The predicted octanol–water partition coefficient (Wildman–Crippen LogP) is 3.79. The molecule has 0 amide bonds. The lowest BCUT2D eigenvalue weighted by Gasteiger charge is -2.35. The SMILES string of the molecule is CC1(C)CCC(Nc2ccc(N)cc2F)CC1. The molecule has 0 aromatic heterocycles. The number of nitrogen functional groups attached to an aromatic ring is 1. The van der Waals surface area contributed by atoms with Crippen LogP contribution in [0.3, 0.4) is 0 Å². The van der Waals surface area contributed by atoms with Gasteiger partial charge in [-0.25, -0.2) is 4.39 Å². The molecular weight excluding hydrogens is 215 g/mol. The molecule has 1 aromatic carbocycles. The number of anilines is 2. The van der Waals surface area contributed by atoms with Gasteiger partial charge in [-0.05, 0) is 49.3 Å². The maximum atomic E-state index is 13.6. The summed E-state index contributed by atoms with van der Waals surface area (Å²) in [5.41, 5.74) is 7.01. The zero-order valence-corrected chi connectivity index (χ0v) is 10.6. The quantitative estimate of drug-likeness (QED) is 0.767. The Hall–Kier alpha value is -1.25. The predicted molar refractivity (Wildman–Crippen MR) is 70.5 cm³/mol. The van der Waals surface area contributed by atoms with E-state index < -0.39 is 0 Å². The summed E-state index contributed by atoms with van der Waals surface area (Å²) in [6, 6.07) is 5.22. The maximum absolute atomic E-state index is 13.6. The van der Waals surface area contributed by atoms with Crippen LogP contribution in [0.2, 0.25) is 0 Å². The fourth-order valence-corrected chi connectivity index (χ4v) is 2.41. The van der Waals surface area contributed by atoms with Gasteiger partial charge in [-0.3, -0.25) is 0 Å². The lowest BCUT2D eigenvalue weighted by molar-refractivity contribution is 0.232. The first kappa shape index (κ1) is 12.2. The van der Waals surface area contributed by atoms with Gasteiger partial charge in [-0.15, -0.1) is 0 Å². The number of hydrogen-bond acceptors (Lipinski definition) is 2. The molecule has 0 spiro atoms. The van der Waals surface area contributed by atoms with E-state index in [1.165, 1.54) is 18.9 Å². The van der Waals surface area contributed by atoms with Gasteiger partial charge in [0.1, 0.15) is 5.82 Å². The number of nitrogens with one attached hydrogen (secondary N) is 1. The second-order valence-corrected chi connectivity index (χ2v) is 5.82. The summed E-state index contributed by atoms with van der Waals surface area (Å²) in [5.74, 6) is -0.255. The Balaban J connectivity index is 1.98. The number of halogens is 1. The third kappa shape index (κ3) is 3.11. The van der Waals surface area contributed by atoms with Crippen LogP contribution in [-0.2, 0) is 0 Å². The van der Waals surface area contributed by atoms with Crippen molar-refractivity contribution >= 4 is 11.4 Å². The normalized spacial score (nSPS) is 20.2. The van der Waals surface area contributed by atoms with Crippen molar-refractivity contribution in [2.24, 2.45) is 5.41 Å². The highest BCUT2D eigenvalue weighted by molar-refractivity contribution is 5.53. The van der Waals surface area contributed by atoms with Gasteiger partial charge < -0.3 is 11.1 Å². The molecule has 1 aromatic rings. The van der Waals surface area contributed by atoms with Crippen molar-refractivity contribution in [1.82, 2.24) is 0 Å². The molecule has 0 bridgehead atoms. The molecule has 2 nitrogen and oxygen atoms in total. The van der Waals surface area contributed by atoms with Crippen LogP contribution in [0.25, 0.3) is 0 Å². The maximum Gasteiger partial charge on any atom is 0.148 e. The van der Waals surface area contributed by atoms with Gasteiger partial charge in [0.25, 0.3) is 0 Å². The molecule has 0 radical (unpaired) electrons. The summed E-state index contributed by atoms with van der Waals surface area (Å²) in [6.07, 6.45) is 4.61. The average Bonchev–Trinajstić information content (AvgIpc) is 2.25.